The largest absolute Gasteiger partial charge is 0.414 e. The van der Waals surface area contributed by atoms with Gasteiger partial charge in [0, 0.05) is 6.42 Å². The van der Waals surface area contributed by atoms with Crippen LogP contribution in [0.25, 0.3) is 0 Å². The summed E-state index contributed by atoms with van der Waals surface area (Å²) in [4.78, 5) is 0. The molecule has 1 atom stereocenters. The van der Waals surface area contributed by atoms with Crippen molar-refractivity contribution in [2.45, 2.75) is 18.7 Å². The van der Waals surface area contributed by atoms with Gasteiger partial charge in [0.05, 0.1) is 4.47 Å². The van der Waals surface area contributed by atoms with Gasteiger partial charge in [0.2, 0.25) is 0 Å². The number of alkyl halides is 3. The van der Waals surface area contributed by atoms with Gasteiger partial charge in [-0.2, -0.15) is 13.2 Å². The highest BCUT2D eigenvalue weighted by molar-refractivity contribution is 9.10. The average Bonchev–Trinajstić information content (AvgIpc) is 2.10. The third kappa shape index (κ3) is 3.46. The van der Waals surface area contributed by atoms with E-state index in [0.29, 0.717) is 0 Å². The molecule has 0 amide bonds. The first-order valence-corrected chi connectivity index (χ1v) is 4.78. The second-order valence-corrected chi connectivity index (χ2v) is 3.86. The fourth-order valence-corrected chi connectivity index (χ4v) is 1.43. The van der Waals surface area contributed by atoms with Crippen molar-refractivity contribution < 1.29 is 22.7 Å². The maximum absolute atomic E-state index is 12.7. The van der Waals surface area contributed by atoms with Crippen LogP contribution in [-0.4, -0.2) is 17.4 Å². The second kappa shape index (κ2) is 4.49. The summed E-state index contributed by atoms with van der Waals surface area (Å²) in [7, 11) is 0. The van der Waals surface area contributed by atoms with Gasteiger partial charge in [-0.25, -0.2) is 4.39 Å². The van der Waals surface area contributed by atoms with E-state index in [2.05, 4.69) is 15.9 Å². The minimum absolute atomic E-state index is 0.0781. The van der Waals surface area contributed by atoms with E-state index in [9.17, 15) is 17.6 Å². The van der Waals surface area contributed by atoms with Gasteiger partial charge in [-0.15, -0.1) is 0 Å². The minimum Gasteiger partial charge on any atom is -0.383 e. The number of benzene rings is 1. The smallest absolute Gasteiger partial charge is 0.383 e. The lowest BCUT2D eigenvalue weighted by atomic mass is 10.1. The van der Waals surface area contributed by atoms with E-state index < -0.39 is 24.5 Å². The third-order valence-electron chi connectivity index (χ3n) is 1.79. The predicted molar refractivity (Wildman–Crippen MR) is 49.9 cm³/mol. The highest BCUT2D eigenvalue weighted by atomic mass is 79.9. The molecule has 1 N–H and O–H groups in total. The van der Waals surface area contributed by atoms with Crippen LogP contribution in [0.4, 0.5) is 17.6 Å². The van der Waals surface area contributed by atoms with E-state index in [4.69, 9.17) is 5.11 Å². The van der Waals surface area contributed by atoms with Gasteiger partial charge < -0.3 is 5.11 Å². The predicted octanol–water partition coefficient (Wildman–Crippen LogP) is 3.05. The Morgan fingerprint density at radius 2 is 1.93 bits per heavy atom. The van der Waals surface area contributed by atoms with Crippen molar-refractivity contribution in [1.29, 1.82) is 0 Å². The number of hydrogen-bond acceptors (Lipinski definition) is 1. The Bertz CT molecular complexity index is 350. The van der Waals surface area contributed by atoms with E-state index in [1.54, 1.807) is 0 Å². The van der Waals surface area contributed by atoms with Gasteiger partial charge in [-0.05, 0) is 33.6 Å². The molecule has 0 aliphatic rings. The van der Waals surface area contributed by atoms with Crippen LogP contribution in [0.2, 0.25) is 0 Å². The lowest BCUT2D eigenvalue weighted by Gasteiger charge is -2.14. The van der Waals surface area contributed by atoms with Gasteiger partial charge in [0.25, 0.3) is 0 Å². The monoisotopic (exact) mass is 286 g/mol. The molecule has 0 saturated carbocycles. The minimum atomic E-state index is -4.65. The van der Waals surface area contributed by atoms with Crippen LogP contribution in [0, 0.1) is 5.82 Å². The number of halogens is 5. The van der Waals surface area contributed by atoms with Crippen LogP contribution in [0.15, 0.2) is 22.7 Å². The fraction of sp³-hybridized carbons (Fsp3) is 0.333. The SMILES string of the molecule is OC(Cc1ccc(F)c(Br)c1)C(F)(F)F. The van der Waals surface area contributed by atoms with Gasteiger partial charge >= 0.3 is 6.18 Å². The summed E-state index contributed by atoms with van der Waals surface area (Å²) < 4.78 is 48.8. The molecule has 0 fully saturated rings. The Labute approximate surface area is 91.9 Å². The standard InChI is InChI=1S/C9H7BrF4O/c10-6-3-5(1-2-7(6)11)4-8(15)9(12,13)14/h1-3,8,15H,4H2. The summed E-state index contributed by atoms with van der Waals surface area (Å²) in [6, 6.07) is 3.46. The van der Waals surface area contributed by atoms with Gasteiger partial charge in [0.15, 0.2) is 6.10 Å². The second-order valence-electron chi connectivity index (χ2n) is 3.01. The normalized spacial score (nSPS) is 14.0. The molecule has 0 radical (unpaired) electrons. The zero-order valence-electron chi connectivity index (χ0n) is 7.35. The molecule has 0 heterocycles. The molecule has 1 unspecified atom stereocenters. The molecule has 0 spiro atoms. The van der Waals surface area contributed by atoms with Crippen molar-refractivity contribution in [3.63, 3.8) is 0 Å². The molecule has 6 heteroatoms. The molecule has 1 rings (SSSR count). The molecule has 1 aromatic rings. The number of hydrogen-bond donors (Lipinski definition) is 1. The highest BCUT2D eigenvalue weighted by Crippen LogP contribution is 2.24. The summed E-state index contributed by atoms with van der Waals surface area (Å²) >= 11 is 2.85. The molecule has 84 valence electrons. The molecular weight excluding hydrogens is 280 g/mol. The van der Waals surface area contributed by atoms with E-state index in [0.717, 1.165) is 6.07 Å². The van der Waals surface area contributed by atoms with E-state index in [1.165, 1.54) is 12.1 Å². The molecule has 0 aromatic heterocycles. The van der Waals surface area contributed by atoms with Crippen LogP contribution < -0.4 is 0 Å². The average molecular weight is 287 g/mol. The Balaban J connectivity index is 2.78. The van der Waals surface area contributed by atoms with Crippen LogP contribution in [0.3, 0.4) is 0 Å². The Hall–Kier alpha value is -0.620. The lowest BCUT2D eigenvalue weighted by Crippen LogP contribution is -2.30. The molecule has 1 nitrogen and oxygen atoms in total. The van der Waals surface area contributed by atoms with Crippen LogP contribution >= 0.6 is 15.9 Å². The Kier molecular flexibility index (Phi) is 3.72. The molecule has 15 heavy (non-hydrogen) atoms. The Morgan fingerprint density at radius 1 is 1.33 bits per heavy atom. The summed E-state index contributed by atoms with van der Waals surface area (Å²) in [5.74, 6) is -0.555. The molecule has 0 saturated heterocycles. The van der Waals surface area contributed by atoms with Crippen molar-refractivity contribution in [1.82, 2.24) is 0 Å². The van der Waals surface area contributed by atoms with E-state index >= 15 is 0 Å². The van der Waals surface area contributed by atoms with Crippen molar-refractivity contribution in [3.05, 3.63) is 34.1 Å². The summed E-state index contributed by atoms with van der Waals surface area (Å²) in [5.41, 5.74) is 0.216. The molecule has 0 aliphatic carbocycles. The Morgan fingerprint density at radius 3 is 2.40 bits per heavy atom. The number of aliphatic hydroxyl groups is 1. The summed E-state index contributed by atoms with van der Waals surface area (Å²) in [6.45, 7) is 0. The summed E-state index contributed by atoms with van der Waals surface area (Å²) in [5, 5.41) is 8.77. The first-order chi connectivity index (χ1) is 6.80. The highest BCUT2D eigenvalue weighted by Gasteiger charge is 2.37. The maximum Gasteiger partial charge on any atom is 0.414 e. The zero-order chi connectivity index (χ0) is 11.6. The fourth-order valence-electron chi connectivity index (χ4n) is 1.01. The quantitative estimate of drug-likeness (QED) is 0.829. The van der Waals surface area contributed by atoms with Gasteiger partial charge in [0.1, 0.15) is 5.82 Å². The van der Waals surface area contributed by atoms with E-state index in [1.807, 2.05) is 0 Å². The molecular formula is C9H7BrF4O. The molecule has 0 aliphatic heterocycles. The van der Waals surface area contributed by atoms with Crippen molar-refractivity contribution in [2.24, 2.45) is 0 Å². The topological polar surface area (TPSA) is 20.2 Å². The van der Waals surface area contributed by atoms with Crippen molar-refractivity contribution in [2.75, 3.05) is 0 Å². The first kappa shape index (κ1) is 12.4. The summed E-state index contributed by atoms with van der Waals surface area (Å²) in [6.07, 6.45) is -7.65. The van der Waals surface area contributed by atoms with E-state index in [-0.39, 0.29) is 10.0 Å². The van der Waals surface area contributed by atoms with Crippen molar-refractivity contribution in [3.8, 4) is 0 Å². The van der Waals surface area contributed by atoms with Crippen LogP contribution in [0.5, 0.6) is 0 Å². The lowest BCUT2D eigenvalue weighted by molar-refractivity contribution is -0.203. The van der Waals surface area contributed by atoms with Crippen LogP contribution in [-0.2, 0) is 6.42 Å². The number of rotatable bonds is 2. The van der Waals surface area contributed by atoms with Crippen LogP contribution in [0.1, 0.15) is 5.56 Å². The third-order valence-corrected chi connectivity index (χ3v) is 2.40. The zero-order valence-corrected chi connectivity index (χ0v) is 8.94. The van der Waals surface area contributed by atoms with Gasteiger partial charge in [-0.1, -0.05) is 6.07 Å². The van der Waals surface area contributed by atoms with Gasteiger partial charge in [-0.3, -0.25) is 0 Å². The number of aliphatic hydroxyl groups excluding tert-OH is 1. The molecule has 0 bridgehead atoms. The first-order valence-electron chi connectivity index (χ1n) is 3.99. The maximum atomic E-state index is 12.7. The molecule has 1 aromatic carbocycles. The van der Waals surface area contributed by atoms with Crippen molar-refractivity contribution >= 4 is 15.9 Å².